The molecular weight excluding hydrogens is 214 g/mol. The van der Waals surface area contributed by atoms with Crippen molar-refractivity contribution in [3.63, 3.8) is 0 Å². The Hall–Kier alpha value is -2.42. The minimum absolute atomic E-state index is 0.304. The van der Waals surface area contributed by atoms with E-state index in [2.05, 4.69) is 4.98 Å². The van der Waals surface area contributed by atoms with E-state index in [1.165, 1.54) is 0 Å². The molecule has 0 aliphatic heterocycles. The number of hydrogen-bond acceptors (Lipinski definition) is 2. The third-order valence-corrected chi connectivity index (χ3v) is 2.35. The third-order valence-electron chi connectivity index (χ3n) is 2.35. The molecule has 0 bridgehead atoms. The Morgan fingerprint density at radius 1 is 1.06 bits per heavy atom. The van der Waals surface area contributed by atoms with Gasteiger partial charge in [-0.3, -0.25) is 4.98 Å². The highest BCUT2D eigenvalue weighted by Gasteiger charge is 2.05. The fourth-order valence-electron chi connectivity index (χ4n) is 1.50. The predicted octanol–water partition coefficient (Wildman–Crippen LogP) is 2.95. The normalized spacial score (nSPS) is 10.6. The van der Waals surface area contributed by atoms with Gasteiger partial charge in [-0.15, -0.1) is 0 Å². The second kappa shape index (κ2) is 5.07. The minimum atomic E-state index is -0.917. The molecule has 1 N–H and O–H groups in total. The van der Waals surface area contributed by atoms with Gasteiger partial charge in [0.15, 0.2) is 0 Å². The van der Waals surface area contributed by atoms with Crippen molar-refractivity contribution >= 4 is 18.1 Å². The van der Waals surface area contributed by atoms with Gasteiger partial charge in [-0.2, -0.15) is 0 Å². The van der Waals surface area contributed by atoms with E-state index in [9.17, 15) is 4.79 Å². The standard InChI is InChI=1S/C14H11NO2/c16-14(17)13-4-2-1-3-12(13)6-5-11-7-9-15-10-8-11/h1-10H,(H,16,17). The van der Waals surface area contributed by atoms with Crippen LogP contribution in [0.5, 0.6) is 0 Å². The van der Waals surface area contributed by atoms with Crippen molar-refractivity contribution in [2.45, 2.75) is 0 Å². The summed E-state index contributed by atoms with van der Waals surface area (Å²) in [6, 6.07) is 10.6. The maximum Gasteiger partial charge on any atom is 0.336 e. The Morgan fingerprint density at radius 3 is 2.47 bits per heavy atom. The predicted molar refractivity (Wildman–Crippen MR) is 66.6 cm³/mol. The molecule has 3 heteroatoms. The molecule has 1 heterocycles. The summed E-state index contributed by atoms with van der Waals surface area (Å²) in [6.45, 7) is 0. The summed E-state index contributed by atoms with van der Waals surface area (Å²) in [5, 5.41) is 9.02. The number of nitrogens with zero attached hydrogens (tertiary/aromatic N) is 1. The van der Waals surface area contributed by atoms with Crippen LogP contribution in [0, 0.1) is 0 Å². The molecule has 1 aromatic heterocycles. The zero-order chi connectivity index (χ0) is 12.1. The van der Waals surface area contributed by atoms with Crippen LogP contribution in [0.3, 0.4) is 0 Å². The number of carboxylic acids is 1. The van der Waals surface area contributed by atoms with Gasteiger partial charge in [-0.25, -0.2) is 4.79 Å². The highest BCUT2D eigenvalue weighted by Crippen LogP contribution is 2.12. The zero-order valence-electron chi connectivity index (χ0n) is 9.08. The van der Waals surface area contributed by atoms with E-state index in [1.807, 2.05) is 24.3 Å². The van der Waals surface area contributed by atoms with E-state index in [0.29, 0.717) is 11.1 Å². The van der Waals surface area contributed by atoms with E-state index in [4.69, 9.17) is 5.11 Å². The van der Waals surface area contributed by atoms with Gasteiger partial charge >= 0.3 is 5.97 Å². The molecule has 0 atom stereocenters. The summed E-state index contributed by atoms with van der Waals surface area (Å²) in [5.41, 5.74) is 1.98. The number of carboxylic acid groups (broad SMARTS) is 1. The quantitative estimate of drug-likeness (QED) is 0.873. The Labute approximate surface area is 99.1 Å². The number of aromatic nitrogens is 1. The van der Waals surface area contributed by atoms with Crippen molar-refractivity contribution < 1.29 is 9.90 Å². The molecule has 1 aromatic carbocycles. The highest BCUT2D eigenvalue weighted by atomic mass is 16.4. The Morgan fingerprint density at radius 2 is 1.76 bits per heavy atom. The molecule has 0 fully saturated rings. The fraction of sp³-hybridized carbons (Fsp3) is 0. The summed E-state index contributed by atoms with van der Waals surface area (Å²) in [5.74, 6) is -0.917. The average Bonchev–Trinajstić information content (AvgIpc) is 2.38. The maximum absolute atomic E-state index is 11.0. The van der Waals surface area contributed by atoms with E-state index < -0.39 is 5.97 Å². The van der Waals surface area contributed by atoms with Crippen LogP contribution < -0.4 is 0 Å². The molecule has 84 valence electrons. The van der Waals surface area contributed by atoms with Crippen LogP contribution in [-0.2, 0) is 0 Å². The molecule has 0 unspecified atom stereocenters. The molecule has 3 nitrogen and oxygen atoms in total. The molecule has 0 aliphatic rings. The zero-order valence-corrected chi connectivity index (χ0v) is 9.08. The van der Waals surface area contributed by atoms with Crippen molar-refractivity contribution in [2.24, 2.45) is 0 Å². The Bertz CT molecular complexity index is 547. The van der Waals surface area contributed by atoms with E-state index in [0.717, 1.165) is 5.56 Å². The summed E-state index contributed by atoms with van der Waals surface area (Å²) < 4.78 is 0. The first-order valence-corrected chi connectivity index (χ1v) is 5.18. The van der Waals surface area contributed by atoms with Crippen molar-refractivity contribution in [2.75, 3.05) is 0 Å². The molecule has 2 aromatic rings. The Kier molecular flexibility index (Phi) is 3.31. The molecule has 2 rings (SSSR count). The molecule has 0 radical (unpaired) electrons. The molecular formula is C14H11NO2. The largest absolute Gasteiger partial charge is 0.478 e. The van der Waals surface area contributed by atoms with E-state index in [1.54, 1.807) is 36.7 Å². The average molecular weight is 225 g/mol. The van der Waals surface area contributed by atoms with Gasteiger partial charge in [-0.1, -0.05) is 30.4 Å². The first-order chi connectivity index (χ1) is 8.27. The molecule has 17 heavy (non-hydrogen) atoms. The van der Waals surface area contributed by atoms with Crippen molar-refractivity contribution in [1.29, 1.82) is 0 Å². The van der Waals surface area contributed by atoms with Gasteiger partial charge in [0.1, 0.15) is 0 Å². The molecule has 0 amide bonds. The van der Waals surface area contributed by atoms with Crippen LogP contribution >= 0.6 is 0 Å². The van der Waals surface area contributed by atoms with Gasteiger partial charge < -0.3 is 5.11 Å². The monoisotopic (exact) mass is 225 g/mol. The number of aromatic carboxylic acids is 1. The van der Waals surface area contributed by atoms with Gasteiger partial charge in [0.25, 0.3) is 0 Å². The lowest BCUT2D eigenvalue weighted by molar-refractivity contribution is 0.0696. The lowest BCUT2D eigenvalue weighted by Gasteiger charge is -1.99. The highest BCUT2D eigenvalue weighted by molar-refractivity contribution is 5.93. The van der Waals surface area contributed by atoms with Crippen LogP contribution in [0.2, 0.25) is 0 Å². The van der Waals surface area contributed by atoms with Gasteiger partial charge in [0.05, 0.1) is 5.56 Å². The van der Waals surface area contributed by atoms with Crippen LogP contribution in [0.4, 0.5) is 0 Å². The van der Waals surface area contributed by atoms with Crippen LogP contribution in [0.15, 0.2) is 48.8 Å². The molecule has 0 spiro atoms. The second-order valence-electron chi connectivity index (χ2n) is 3.51. The first kappa shape index (κ1) is 11.1. The number of carbonyl (C=O) groups is 1. The minimum Gasteiger partial charge on any atom is -0.478 e. The van der Waals surface area contributed by atoms with Crippen LogP contribution in [0.1, 0.15) is 21.5 Å². The summed E-state index contributed by atoms with van der Waals surface area (Å²) in [7, 11) is 0. The lowest BCUT2D eigenvalue weighted by Crippen LogP contribution is -1.98. The van der Waals surface area contributed by atoms with E-state index >= 15 is 0 Å². The van der Waals surface area contributed by atoms with Crippen molar-refractivity contribution in [3.05, 3.63) is 65.5 Å². The summed E-state index contributed by atoms with van der Waals surface area (Å²) in [6.07, 6.45) is 7.05. The Balaban J connectivity index is 2.30. The maximum atomic E-state index is 11.0. The van der Waals surface area contributed by atoms with Crippen molar-refractivity contribution in [1.82, 2.24) is 4.98 Å². The molecule has 0 saturated carbocycles. The van der Waals surface area contributed by atoms with Gasteiger partial charge in [-0.05, 0) is 29.3 Å². The SMILES string of the molecule is O=C(O)c1ccccc1C=Cc1ccncc1. The van der Waals surface area contributed by atoms with Gasteiger partial charge in [0, 0.05) is 12.4 Å². The third kappa shape index (κ3) is 2.78. The number of hydrogen-bond donors (Lipinski definition) is 1. The number of rotatable bonds is 3. The first-order valence-electron chi connectivity index (χ1n) is 5.18. The summed E-state index contributed by atoms with van der Waals surface area (Å²) in [4.78, 5) is 14.9. The van der Waals surface area contributed by atoms with Crippen LogP contribution in [0.25, 0.3) is 12.2 Å². The van der Waals surface area contributed by atoms with Crippen molar-refractivity contribution in [3.8, 4) is 0 Å². The van der Waals surface area contributed by atoms with Gasteiger partial charge in [0.2, 0.25) is 0 Å². The second-order valence-corrected chi connectivity index (χ2v) is 3.51. The fourth-order valence-corrected chi connectivity index (χ4v) is 1.50. The molecule has 0 saturated heterocycles. The topological polar surface area (TPSA) is 50.2 Å². The smallest absolute Gasteiger partial charge is 0.336 e. The van der Waals surface area contributed by atoms with Crippen LogP contribution in [-0.4, -0.2) is 16.1 Å². The number of pyridine rings is 1. The summed E-state index contributed by atoms with van der Waals surface area (Å²) >= 11 is 0. The van der Waals surface area contributed by atoms with E-state index in [-0.39, 0.29) is 0 Å². The molecule has 0 aliphatic carbocycles. The number of benzene rings is 1. The lowest BCUT2D eigenvalue weighted by atomic mass is 10.1.